The van der Waals surface area contributed by atoms with Crippen molar-refractivity contribution in [2.45, 2.75) is 31.5 Å². The van der Waals surface area contributed by atoms with E-state index in [4.69, 9.17) is 4.74 Å². The molecule has 0 radical (unpaired) electrons. The van der Waals surface area contributed by atoms with Crippen molar-refractivity contribution in [2.75, 3.05) is 37.9 Å². The lowest BCUT2D eigenvalue weighted by molar-refractivity contribution is 0.0260. The molecule has 8 nitrogen and oxygen atoms in total. The van der Waals surface area contributed by atoms with E-state index in [1.807, 2.05) is 49.1 Å². The van der Waals surface area contributed by atoms with Gasteiger partial charge in [0.25, 0.3) is 0 Å². The molecule has 0 spiro atoms. The molecule has 0 saturated carbocycles. The molecule has 0 fully saturated rings. The van der Waals surface area contributed by atoms with Crippen molar-refractivity contribution in [3.05, 3.63) is 53.6 Å². The highest BCUT2D eigenvalue weighted by Gasteiger charge is 2.36. The van der Waals surface area contributed by atoms with E-state index in [0.29, 0.717) is 11.3 Å². The van der Waals surface area contributed by atoms with E-state index in [9.17, 15) is 25.2 Å². The van der Waals surface area contributed by atoms with Crippen molar-refractivity contribution in [3.8, 4) is 5.75 Å². The number of para-hydroxylation sites is 1. The fourth-order valence-corrected chi connectivity index (χ4v) is 3.64. The van der Waals surface area contributed by atoms with Gasteiger partial charge in [-0.25, -0.2) is 0 Å². The van der Waals surface area contributed by atoms with Crippen molar-refractivity contribution in [1.29, 1.82) is 0 Å². The molecule has 0 amide bonds. The molecular weight excluding hydrogens is 400 g/mol. The van der Waals surface area contributed by atoms with Gasteiger partial charge in [0.2, 0.25) is 0 Å². The van der Waals surface area contributed by atoms with Crippen molar-refractivity contribution in [1.82, 2.24) is 5.32 Å². The highest BCUT2D eigenvalue weighted by molar-refractivity contribution is 6.13. The summed E-state index contributed by atoms with van der Waals surface area (Å²) in [6, 6.07) is 12.9. The molecule has 2 unspecified atom stereocenters. The number of ketones is 1. The molecule has 1 aliphatic rings. The Kier molecular flexibility index (Phi) is 7.30. The van der Waals surface area contributed by atoms with Gasteiger partial charge < -0.3 is 35.4 Å². The Morgan fingerprint density at radius 2 is 1.77 bits per heavy atom. The lowest BCUT2D eigenvalue weighted by atomic mass is 10.0. The second-order valence-corrected chi connectivity index (χ2v) is 7.98. The number of ether oxygens (including phenoxy) is 1. The number of Topliss-reactive ketones (excluding diaryl/α,β-unsaturated/α-hetero) is 1. The second-order valence-electron chi connectivity index (χ2n) is 7.98. The monoisotopic (exact) mass is 430 g/mol. The molecule has 2 aromatic carbocycles. The molecule has 31 heavy (non-hydrogen) atoms. The highest BCUT2D eigenvalue weighted by Crippen LogP contribution is 2.41. The average molecular weight is 431 g/mol. The van der Waals surface area contributed by atoms with Gasteiger partial charge in [-0.2, -0.15) is 0 Å². The van der Waals surface area contributed by atoms with Crippen molar-refractivity contribution in [3.63, 3.8) is 0 Å². The quantitative estimate of drug-likeness (QED) is 0.375. The molecule has 5 N–H and O–H groups in total. The van der Waals surface area contributed by atoms with Gasteiger partial charge >= 0.3 is 0 Å². The predicted molar refractivity (Wildman–Crippen MR) is 117 cm³/mol. The maximum atomic E-state index is 12.9. The van der Waals surface area contributed by atoms with E-state index in [1.165, 1.54) is 0 Å². The number of aliphatic hydroxyl groups excluding tert-OH is 4. The first-order valence-electron chi connectivity index (χ1n) is 10.3. The zero-order valence-corrected chi connectivity index (χ0v) is 17.8. The first-order chi connectivity index (χ1) is 14.9. The molecule has 2 aromatic rings. The summed E-state index contributed by atoms with van der Waals surface area (Å²) in [7, 11) is 0. The first-order valence-corrected chi connectivity index (χ1v) is 10.3. The maximum Gasteiger partial charge on any atom is 0.187 e. The summed E-state index contributed by atoms with van der Waals surface area (Å²) >= 11 is 0. The lowest BCUT2D eigenvalue weighted by Crippen LogP contribution is -2.57. The van der Waals surface area contributed by atoms with Crippen LogP contribution in [0.5, 0.6) is 5.75 Å². The number of fused-ring (bicyclic) bond motifs is 1. The molecule has 1 aliphatic heterocycles. The first kappa shape index (κ1) is 23.2. The number of carbonyl (C=O) groups is 1. The molecule has 0 aliphatic carbocycles. The van der Waals surface area contributed by atoms with Crippen LogP contribution in [0.3, 0.4) is 0 Å². The zero-order chi connectivity index (χ0) is 22.6. The number of nitrogens with one attached hydrogen (secondary N) is 1. The van der Waals surface area contributed by atoms with E-state index >= 15 is 0 Å². The molecule has 168 valence electrons. The van der Waals surface area contributed by atoms with Gasteiger partial charge in [0.05, 0.1) is 37.1 Å². The van der Waals surface area contributed by atoms with Crippen LogP contribution in [-0.2, 0) is 0 Å². The summed E-state index contributed by atoms with van der Waals surface area (Å²) < 4.78 is 5.66. The Morgan fingerprint density at radius 3 is 2.42 bits per heavy atom. The summed E-state index contributed by atoms with van der Waals surface area (Å²) in [5.41, 5.74) is 2.18. The average Bonchev–Trinajstić information content (AvgIpc) is 3.04. The van der Waals surface area contributed by atoms with E-state index in [1.54, 1.807) is 12.1 Å². The minimum atomic E-state index is -1.27. The number of hydrogen-bond donors (Lipinski definition) is 5. The predicted octanol–water partition coefficient (Wildman–Crippen LogP) is 0.763. The van der Waals surface area contributed by atoms with E-state index in [-0.39, 0.29) is 25.0 Å². The molecule has 8 heteroatoms. The second kappa shape index (κ2) is 9.76. The van der Waals surface area contributed by atoms with Crippen molar-refractivity contribution >= 4 is 17.2 Å². The van der Waals surface area contributed by atoms with Gasteiger partial charge in [-0.1, -0.05) is 18.2 Å². The molecule has 0 aromatic heterocycles. The number of benzene rings is 2. The molecular formula is C23H30N2O6. The molecule has 0 saturated heterocycles. The lowest BCUT2D eigenvalue weighted by Gasteiger charge is -2.29. The van der Waals surface area contributed by atoms with E-state index in [0.717, 1.165) is 16.9 Å². The van der Waals surface area contributed by atoms with Crippen LogP contribution in [0.2, 0.25) is 0 Å². The fourth-order valence-electron chi connectivity index (χ4n) is 3.64. The van der Waals surface area contributed by atoms with Gasteiger partial charge in [-0.05, 0) is 43.7 Å². The van der Waals surface area contributed by atoms with Gasteiger partial charge in [0, 0.05) is 17.8 Å². The van der Waals surface area contributed by atoms with Crippen molar-refractivity contribution in [2.24, 2.45) is 0 Å². The Balaban J connectivity index is 1.68. The topological polar surface area (TPSA) is 122 Å². The standard InChI is InChI=1S/C23H30N2O6/c1-15-5-3-4-6-20(15)25-16(2)22(30)19-9-18(7-8-21(19)25)31-11-17(29)10-24-23(12-26,13-27)14-28/h3-9,16-17,24,26-29H,10-14H2,1-2H3. The van der Waals surface area contributed by atoms with Crippen LogP contribution in [0.1, 0.15) is 22.8 Å². The number of β-amino-alcohol motifs (C(OH)–C–C–N with tert-alkyl or cyclic N) is 1. The molecule has 2 atom stereocenters. The van der Waals surface area contributed by atoms with E-state index < -0.39 is 31.5 Å². The Labute approximate surface area is 181 Å². The number of carbonyl (C=O) groups excluding carboxylic acids is 1. The number of aliphatic hydroxyl groups is 4. The smallest absolute Gasteiger partial charge is 0.187 e. The molecule has 1 heterocycles. The number of aryl methyl sites for hydroxylation is 1. The number of nitrogens with zero attached hydrogens (tertiary/aromatic N) is 1. The highest BCUT2D eigenvalue weighted by atomic mass is 16.5. The van der Waals surface area contributed by atoms with Gasteiger partial charge in [0.1, 0.15) is 18.5 Å². The summed E-state index contributed by atoms with van der Waals surface area (Å²) in [5.74, 6) is 0.465. The summed E-state index contributed by atoms with van der Waals surface area (Å²) in [6.45, 7) is 2.40. The molecule has 0 bridgehead atoms. The van der Waals surface area contributed by atoms with Crippen LogP contribution in [0.25, 0.3) is 0 Å². The normalized spacial score (nSPS) is 17.0. The maximum absolute atomic E-state index is 12.9. The Hall–Kier alpha value is -2.49. The third-order valence-electron chi connectivity index (χ3n) is 5.70. The minimum absolute atomic E-state index is 0.00362. The number of rotatable bonds is 10. The van der Waals surface area contributed by atoms with Crippen molar-refractivity contribution < 1.29 is 30.0 Å². The summed E-state index contributed by atoms with van der Waals surface area (Å²) in [4.78, 5) is 14.9. The van der Waals surface area contributed by atoms with Gasteiger partial charge in [0.15, 0.2) is 5.78 Å². The summed E-state index contributed by atoms with van der Waals surface area (Å²) in [6.07, 6.45) is -0.949. The van der Waals surface area contributed by atoms with Crippen LogP contribution in [-0.4, -0.2) is 76.9 Å². The third-order valence-corrected chi connectivity index (χ3v) is 5.70. The fraction of sp³-hybridized carbons (Fsp3) is 0.435. The van der Waals surface area contributed by atoms with Gasteiger partial charge in [-0.3, -0.25) is 4.79 Å². The summed E-state index contributed by atoms with van der Waals surface area (Å²) in [5, 5.41) is 40.9. The Morgan fingerprint density at radius 1 is 1.10 bits per heavy atom. The Bertz CT molecular complexity index is 906. The largest absolute Gasteiger partial charge is 0.491 e. The van der Waals surface area contributed by atoms with E-state index in [2.05, 4.69) is 5.32 Å². The van der Waals surface area contributed by atoms with Crippen LogP contribution >= 0.6 is 0 Å². The third kappa shape index (κ3) is 4.73. The SMILES string of the molecule is Cc1ccccc1N1c2ccc(OCC(O)CNC(CO)(CO)CO)cc2C(=O)C1C. The number of anilines is 2. The zero-order valence-electron chi connectivity index (χ0n) is 17.8. The number of hydrogen-bond acceptors (Lipinski definition) is 8. The molecule has 3 rings (SSSR count). The van der Waals surface area contributed by atoms with Crippen LogP contribution in [0, 0.1) is 6.92 Å². The minimum Gasteiger partial charge on any atom is -0.491 e. The van der Waals surface area contributed by atoms with Gasteiger partial charge in [-0.15, -0.1) is 0 Å². The van der Waals surface area contributed by atoms with Crippen LogP contribution < -0.4 is 15.0 Å². The van der Waals surface area contributed by atoms with Crippen LogP contribution in [0.4, 0.5) is 11.4 Å². The van der Waals surface area contributed by atoms with Crippen LogP contribution in [0.15, 0.2) is 42.5 Å².